The molecule has 0 atom stereocenters. The fraction of sp³-hybridized carbons (Fsp3) is 0.200. The van der Waals surface area contributed by atoms with E-state index in [1.54, 1.807) is 24.3 Å². The predicted octanol–water partition coefficient (Wildman–Crippen LogP) is 3.35. The monoisotopic (exact) mass is 282 g/mol. The third-order valence-electron chi connectivity index (χ3n) is 2.86. The zero-order chi connectivity index (χ0) is 15.2. The predicted molar refractivity (Wildman–Crippen MR) is 79.8 cm³/mol. The zero-order valence-electron chi connectivity index (χ0n) is 11.5. The second-order valence-corrected chi connectivity index (χ2v) is 4.47. The molecule has 1 aromatic carbocycles. The Labute approximate surface area is 122 Å². The van der Waals surface area contributed by atoms with E-state index in [1.165, 1.54) is 12.1 Å². The van der Waals surface area contributed by atoms with E-state index in [-0.39, 0.29) is 5.69 Å². The number of rotatable bonds is 5. The Morgan fingerprint density at radius 3 is 2.86 bits per heavy atom. The Morgan fingerprint density at radius 1 is 1.38 bits per heavy atom. The average Bonchev–Trinajstić information content (AvgIpc) is 2.52. The number of pyridine rings is 1. The van der Waals surface area contributed by atoms with Crippen LogP contribution in [0.25, 0.3) is 11.3 Å². The van der Waals surface area contributed by atoms with Crippen molar-refractivity contribution in [3.8, 4) is 17.3 Å². The van der Waals surface area contributed by atoms with E-state index in [9.17, 15) is 10.1 Å². The molecule has 0 aliphatic heterocycles. The molecule has 6 heteroatoms. The molecule has 1 heterocycles. The third kappa shape index (κ3) is 3.54. The molecule has 2 aromatic rings. The average molecular weight is 282 g/mol. The van der Waals surface area contributed by atoms with Crippen molar-refractivity contribution in [2.75, 3.05) is 11.9 Å². The number of nitrogens with zero attached hydrogens (tertiary/aromatic N) is 3. The fourth-order valence-electron chi connectivity index (χ4n) is 1.86. The summed E-state index contributed by atoms with van der Waals surface area (Å²) in [6.07, 6.45) is 0.892. The highest BCUT2D eigenvalue weighted by Gasteiger charge is 2.12. The number of aromatic nitrogens is 1. The van der Waals surface area contributed by atoms with E-state index in [0.29, 0.717) is 29.2 Å². The van der Waals surface area contributed by atoms with Crippen molar-refractivity contribution in [1.82, 2.24) is 4.98 Å². The summed E-state index contributed by atoms with van der Waals surface area (Å²) in [5, 5.41) is 23.0. The van der Waals surface area contributed by atoms with Gasteiger partial charge in [0.25, 0.3) is 5.69 Å². The molecule has 106 valence electrons. The van der Waals surface area contributed by atoms with Gasteiger partial charge in [0.15, 0.2) is 0 Å². The highest BCUT2D eigenvalue weighted by Crippen LogP contribution is 2.25. The number of nitro groups is 1. The van der Waals surface area contributed by atoms with Gasteiger partial charge < -0.3 is 5.32 Å². The molecule has 0 saturated carbocycles. The van der Waals surface area contributed by atoms with Crippen LogP contribution in [0.4, 0.5) is 11.5 Å². The molecule has 21 heavy (non-hydrogen) atoms. The number of anilines is 1. The molecule has 0 unspecified atom stereocenters. The largest absolute Gasteiger partial charge is 0.370 e. The molecule has 0 saturated heterocycles. The summed E-state index contributed by atoms with van der Waals surface area (Å²) in [5.74, 6) is 0.461. The van der Waals surface area contributed by atoms with Gasteiger partial charge >= 0.3 is 0 Å². The first-order valence-corrected chi connectivity index (χ1v) is 6.55. The smallest absolute Gasteiger partial charge is 0.275 e. The lowest BCUT2D eigenvalue weighted by molar-refractivity contribution is -0.384. The summed E-state index contributed by atoms with van der Waals surface area (Å²) < 4.78 is 0. The molecular weight excluding hydrogens is 268 g/mol. The highest BCUT2D eigenvalue weighted by atomic mass is 16.6. The van der Waals surface area contributed by atoms with E-state index < -0.39 is 4.92 Å². The number of benzene rings is 1. The topological polar surface area (TPSA) is 91.9 Å². The molecule has 0 fully saturated rings. The quantitative estimate of drug-likeness (QED) is 0.670. The molecule has 0 aliphatic rings. The fourth-order valence-corrected chi connectivity index (χ4v) is 1.86. The minimum absolute atomic E-state index is 0.0269. The minimum atomic E-state index is -0.448. The van der Waals surface area contributed by atoms with Gasteiger partial charge in [0.2, 0.25) is 0 Å². The minimum Gasteiger partial charge on any atom is -0.370 e. The van der Waals surface area contributed by atoms with Crippen LogP contribution in [0, 0.1) is 21.4 Å². The van der Waals surface area contributed by atoms with E-state index in [1.807, 2.05) is 13.0 Å². The molecule has 0 amide bonds. The van der Waals surface area contributed by atoms with Gasteiger partial charge in [0.05, 0.1) is 28.3 Å². The Morgan fingerprint density at radius 2 is 2.19 bits per heavy atom. The maximum atomic E-state index is 11.0. The van der Waals surface area contributed by atoms with Gasteiger partial charge in [-0.2, -0.15) is 5.26 Å². The first-order chi connectivity index (χ1) is 10.1. The third-order valence-corrected chi connectivity index (χ3v) is 2.86. The second kappa shape index (κ2) is 6.48. The standard InChI is InChI=1S/C15H14N4O2/c1-2-6-17-15-9-13(19(20)21)8-14(18-15)12-5-3-4-11(7-12)10-16/h3-5,7-9H,2,6H2,1H3,(H,17,18). The van der Waals surface area contributed by atoms with Crippen molar-refractivity contribution in [2.24, 2.45) is 0 Å². The maximum absolute atomic E-state index is 11.0. The normalized spacial score (nSPS) is 9.90. The van der Waals surface area contributed by atoms with Gasteiger partial charge in [-0.05, 0) is 18.6 Å². The van der Waals surface area contributed by atoms with Crippen molar-refractivity contribution in [1.29, 1.82) is 5.26 Å². The Hall–Kier alpha value is -2.94. The van der Waals surface area contributed by atoms with Gasteiger partial charge in [-0.25, -0.2) is 4.98 Å². The summed E-state index contributed by atoms with van der Waals surface area (Å²) >= 11 is 0. The van der Waals surface area contributed by atoms with E-state index in [4.69, 9.17) is 5.26 Å². The molecule has 0 aliphatic carbocycles. The number of nitrogens with one attached hydrogen (secondary N) is 1. The van der Waals surface area contributed by atoms with Crippen LogP contribution >= 0.6 is 0 Å². The van der Waals surface area contributed by atoms with Gasteiger partial charge in [0.1, 0.15) is 5.82 Å². The number of hydrogen-bond donors (Lipinski definition) is 1. The Bertz CT molecular complexity index is 707. The van der Waals surface area contributed by atoms with Crippen LogP contribution in [0.3, 0.4) is 0 Å². The first kappa shape index (κ1) is 14.5. The van der Waals surface area contributed by atoms with E-state index in [2.05, 4.69) is 10.3 Å². The lowest BCUT2D eigenvalue weighted by Crippen LogP contribution is -2.03. The lowest BCUT2D eigenvalue weighted by Gasteiger charge is -2.07. The summed E-state index contributed by atoms with van der Waals surface area (Å²) in [5.41, 5.74) is 1.61. The van der Waals surface area contributed by atoms with Crippen molar-refractivity contribution >= 4 is 11.5 Å². The second-order valence-electron chi connectivity index (χ2n) is 4.47. The highest BCUT2D eigenvalue weighted by molar-refractivity contribution is 5.66. The van der Waals surface area contributed by atoms with Crippen LogP contribution in [-0.2, 0) is 0 Å². The van der Waals surface area contributed by atoms with Crippen molar-refractivity contribution in [2.45, 2.75) is 13.3 Å². The summed E-state index contributed by atoms with van der Waals surface area (Å²) in [6.45, 7) is 2.69. The van der Waals surface area contributed by atoms with Crippen LogP contribution in [0.1, 0.15) is 18.9 Å². The molecule has 1 N–H and O–H groups in total. The number of nitriles is 1. The van der Waals surface area contributed by atoms with Gasteiger partial charge in [-0.3, -0.25) is 10.1 Å². The van der Waals surface area contributed by atoms with Crippen LogP contribution in [0.5, 0.6) is 0 Å². The Kier molecular flexibility index (Phi) is 4.46. The van der Waals surface area contributed by atoms with E-state index in [0.717, 1.165) is 6.42 Å². The SMILES string of the molecule is CCCNc1cc([N+](=O)[O-])cc(-c2cccc(C#N)c2)n1. The summed E-state index contributed by atoms with van der Waals surface area (Å²) in [7, 11) is 0. The van der Waals surface area contributed by atoms with Crippen molar-refractivity contribution in [3.05, 3.63) is 52.1 Å². The van der Waals surface area contributed by atoms with Crippen LogP contribution in [-0.4, -0.2) is 16.5 Å². The van der Waals surface area contributed by atoms with Crippen molar-refractivity contribution < 1.29 is 4.92 Å². The summed E-state index contributed by atoms with van der Waals surface area (Å²) in [4.78, 5) is 15.0. The van der Waals surface area contributed by atoms with Crippen LogP contribution in [0.15, 0.2) is 36.4 Å². The molecule has 0 radical (unpaired) electrons. The molecular formula is C15H14N4O2. The summed E-state index contributed by atoms with van der Waals surface area (Å²) in [6, 6.07) is 11.7. The lowest BCUT2D eigenvalue weighted by atomic mass is 10.1. The molecule has 6 nitrogen and oxygen atoms in total. The maximum Gasteiger partial charge on any atom is 0.275 e. The van der Waals surface area contributed by atoms with Gasteiger partial charge in [-0.1, -0.05) is 19.1 Å². The van der Waals surface area contributed by atoms with Crippen molar-refractivity contribution in [3.63, 3.8) is 0 Å². The number of hydrogen-bond acceptors (Lipinski definition) is 5. The molecule has 0 bridgehead atoms. The molecule has 0 spiro atoms. The van der Waals surface area contributed by atoms with E-state index >= 15 is 0 Å². The Balaban J connectivity index is 2.48. The van der Waals surface area contributed by atoms with Crippen LogP contribution in [0.2, 0.25) is 0 Å². The molecule has 1 aromatic heterocycles. The molecule has 2 rings (SSSR count). The van der Waals surface area contributed by atoms with Gasteiger partial charge in [-0.15, -0.1) is 0 Å². The van der Waals surface area contributed by atoms with Crippen LogP contribution < -0.4 is 5.32 Å². The first-order valence-electron chi connectivity index (χ1n) is 6.55. The van der Waals surface area contributed by atoms with Gasteiger partial charge in [0, 0.05) is 18.2 Å². The zero-order valence-corrected chi connectivity index (χ0v) is 11.5.